The second kappa shape index (κ2) is 10.5. The van der Waals surface area contributed by atoms with Gasteiger partial charge in [-0.15, -0.1) is 0 Å². The first kappa shape index (κ1) is 26.9. The molecule has 38 heavy (non-hydrogen) atoms. The largest absolute Gasteiger partial charge is 0.368 e. The number of carbonyl (C=O) groups excluding carboxylic acids is 1. The highest BCUT2D eigenvalue weighted by atomic mass is 32.2. The average molecular weight is 540 g/mol. The van der Waals surface area contributed by atoms with Gasteiger partial charge in [-0.25, -0.2) is 18.2 Å². The summed E-state index contributed by atoms with van der Waals surface area (Å²) in [6.45, 7) is 2.79. The summed E-state index contributed by atoms with van der Waals surface area (Å²) in [5, 5.41) is 3.26. The molecule has 1 aliphatic heterocycles. The monoisotopic (exact) mass is 539 g/mol. The molecule has 0 unspecified atom stereocenters. The summed E-state index contributed by atoms with van der Waals surface area (Å²) in [5.74, 6) is 1.24. The van der Waals surface area contributed by atoms with Crippen LogP contribution in [-0.4, -0.2) is 86.2 Å². The lowest BCUT2D eigenvalue weighted by molar-refractivity contribution is 0.0160. The minimum Gasteiger partial charge on any atom is -0.368 e. The Morgan fingerprint density at radius 3 is 2.32 bits per heavy atom. The molecule has 2 aliphatic carbocycles. The molecule has 0 atom stereocenters. The summed E-state index contributed by atoms with van der Waals surface area (Å²) in [7, 11) is 1.10. The molecule has 0 radical (unpaired) electrons. The summed E-state index contributed by atoms with van der Waals surface area (Å²) >= 11 is 0. The van der Waals surface area contributed by atoms with Crippen molar-refractivity contribution in [1.82, 2.24) is 19.7 Å². The highest BCUT2D eigenvalue weighted by Gasteiger charge is 2.54. The molecule has 2 saturated carbocycles. The third kappa shape index (κ3) is 5.15. The zero-order chi connectivity index (χ0) is 27.0. The lowest BCUT2D eigenvalue weighted by atomic mass is 9.68. The number of sulfone groups is 1. The maximum Gasteiger partial charge on any atom is 0.320 e. The summed E-state index contributed by atoms with van der Waals surface area (Å²) < 4.78 is 23.4. The third-order valence-electron chi connectivity index (χ3n) is 9.25. The number of anilines is 1. The number of benzene rings is 1. The van der Waals surface area contributed by atoms with Crippen molar-refractivity contribution in [3.05, 3.63) is 54.2 Å². The first-order chi connectivity index (χ1) is 18.1. The zero-order valence-corrected chi connectivity index (χ0v) is 23.7. The standard InChI is InChI=1S/C29H41N5O3S/c1-32(2)29(24-10-5-4-6-11-24)16-14-28(15-17-29)22-33(27(35)34(28)21-23-8-7-9-23)19-18-30-26-13-12-25(20-31-26)38(3,36)37/h4-6,10-13,20,23H,7-9,14-19,21-22H2,1-3H3,(H,30,31)/t28-,29+. The normalized spacial score (nSPS) is 26.3. The number of carbonyl (C=O) groups is 1. The van der Waals surface area contributed by atoms with E-state index in [0.29, 0.717) is 24.8 Å². The van der Waals surface area contributed by atoms with Crippen LogP contribution in [0, 0.1) is 5.92 Å². The van der Waals surface area contributed by atoms with Crippen molar-refractivity contribution in [3.8, 4) is 0 Å². The van der Waals surface area contributed by atoms with E-state index in [1.165, 1.54) is 37.3 Å². The fourth-order valence-corrected chi connectivity index (χ4v) is 7.14. The van der Waals surface area contributed by atoms with Gasteiger partial charge in [-0.05, 0) is 76.2 Å². The molecule has 1 aromatic heterocycles. The van der Waals surface area contributed by atoms with E-state index >= 15 is 0 Å². The number of hydrogen-bond donors (Lipinski definition) is 1. The van der Waals surface area contributed by atoms with Gasteiger partial charge in [0.25, 0.3) is 0 Å². The van der Waals surface area contributed by atoms with E-state index < -0.39 is 9.84 Å². The summed E-state index contributed by atoms with van der Waals surface area (Å²) in [4.78, 5) is 24.8. The highest BCUT2D eigenvalue weighted by molar-refractivity contribution is 7.90. The van der Waals surface area contributed by atoms with Crippen LogP contribution in [0.15, 0.2) is 53.6 Å². The zero-order valence-electron chi connectivity index (χ0n) is 22.9. The number of aromatic nitrogens is 1. The van der Waals surface area contributed by atoms with Crippen LogP contribution in [0.25, 0.3) is 0 Å². The van der Waals surface area contributed by atoms with Gasteiger partial charge in [-0.3, -0.25) is 4.90 Å². The molecule has 5 rings (SSSR count). The van der Waals surface area contributed by atoms with Crippen LogP contribution in [-0.2, 0) is 15.4 Å². The van der Waals surface area contributed by atoms with Crippen molar-refractivity contribution in [1.29, 1.82) is 0 Å². The Labute approximate surface area is 227 Å². The predicted octanol–water partition coefficient (Wildman–Crippen LogP) is 4.20. The first-order valence-electron chi connectivity index (χ1n) is 13.8. The molecule has 3 fully saturated rings. The maximum absolute atomic E-state index is 13.7. The quantitative estimate of drug-likeness (QED) is 0.514. The van der Waals surface area contributed by atoms with E-state index in [2.05, 4.69) is 64.5 Å². The molecule has 0 bridgehead atoms. The number of amides is 2. The fourth-order valence-electron chi connectivity index (χ4n) is 6.58. The summed E-state index contributed by atoms with van der Waals surface area (Å²) in [5.41, 5.74) is 1.25. The lowest BCUT2D eigenvalue weighted by Crippen LogP contribution is -2.56. The van der Waals surface area contributed by atoms with Crippen LogP contribution in [0.5, 0.6) is 0 Å². The summed E-state index contributed by atoms with van der Waals surface area (Å²) in [6.07, 6.45) is 10.3. The molecule has 3 aliphatic rings. The fraction of sp³-hybridized carbons (Fsp3) is 0.586. The van der Waals surface area contributed by atoms with Gasteiger partial charge in [-0.2, -0.15) is 0 Å². The van der Waals surface area contributed by atoms with Crippen LogP contribution in [0.1, 0.15) is 50.5 Å². The summed E-state index contributed by atoms with van der Waals surface area (Å²) in [6, 6.07) is 14.2. The minimum atomic E-state index is -3.27. The molecule has 8 nitrogen and oxygen atoms in total. The molecule has 1 saturated heterocycles. The van der Waals surface area contributed by atoms with Crippen LogP contribution in [0.2, 0.25) is 0 Å². The number of urea groups is 1. The number of pyridine rings is 1. The van der Waals surface area contributed by atoms with Gasteiger partial charge in [0.15, 0.2) is 9.84 Å². The van der Waals surface area contributed by atoms with E-state index in [0.717, 1.165) is 38.8 Å². The Bertz CT molecular complexity index is 1220. The van der Waals surface area contributed by atoms with E-state index in [4.69, 9.17) is 0 Å². The van der Waals surface area contributed by atoms with Crippen molar-refractivity contribution >= 4 is 21.7 Å². The van der Waals surface area contributed by atoms with Gasteiger partial charge >= 0.3 is 6.03 Å². The van der Waals surface area contributed by atoms with Gasteiger partial charge in [0.05, 0.1) is 10.4 Å². The van der Waals surface area contributed by atoms with Crippen molar-refractivity contribution in [2.24, 2.45) is 5.92 Å². The number of nitrogens with zero attached hydrogens (tertiary/aromatic N) is 4. The molecular formula is C29H41N5O3S. The molecule has 1 aromatic carbocycles. The van der Waals surface area contributed by atoms with Crippen LogP contribution < -0.4 is 5.32 Å². The highest BCUT2D eigenvalue weighted by Crippen LogP contribution is 2.49. The molecule has 1 spiro atoms. The minimum absolute atomic E-state index is 0.00350. The average Bonchev–Trinajstić information content (AvgIpc) is 3.12. The molecule has 206 valence electrons. The second-order valence-corrected chi connectivity index (χ2v) is 13.7. The van der Waals surface area contributed by atoms with Crippen molar-refractivity contribution < 1.29 is 13.2 Å². The Morgan fingerprint density at radius 1 is 1.05 bits per heavy atom. The van der Waals surface area contributed by atoms with E-state index in [1.54, 1.807) is 12.1 Å². The van der Waals surface area contributed by atoms with Gasteiger partial charge in [-0.1, -0.05) is 36.8 Å². The van der Waals surface area contributed by atoms with Gasteiger partial charge in [0.2, 0.25) is 0 Å². The van der Waals surface area contributed by atoms with Crippen LogP contribution in [0.3, 0.4) is 0 Å². The van der Waals surface area contributed by atoms with Gasteiger partial charge < -0.3 is 15.1 Å². The Kier molecular flexibility index (Phi) is 7.44. The smallest absolute Gasteiger partial charge is 0.320 e. The van der Waals surface area contributed by atoms with Crippen LogP contribution >= 0.6 is 0 Å². The Hall–Kier alpha value is -2.65. The molecule has 9 heteroatoms. The first-order valence-corrected chi connectivity index (χ1v) is 15.7. The van der Waals surface area contributed by atoms with Crippen molar-refractivity contribution in [3.63, 3.8) is 0 Å². The predicted molar refractivity (Wildman–Crippen MR) is 150 cm³/mol. The molecular weight excluding hydrogens is 498 g/mol. The number of hydrogen-bond acceptors (Lipinski definition) is 6. The number of rotatable bonds is 9. The molecule has 2 aromatic rings. The lowest BCUT2D eigenvalue weighted by Gasteiger charge is -2.51. The van der Waals surface area contributed by atoms with Gasteiger partial charge in [0.1, 0.15) is 5.82 Å². The van der Waals surface area contributed by atoms with Crippen molar-refractivity contribution in [2.75, 3.05) is 51.8 Å². The molecule has 1 N–H and O–H groups in total. The van der Waals surface area contributed by atoms with Crippen molar-refractivity contribution in [2.45, 2.75) is 60.9 Å². The van der Waals surface area contributed by atoms with Gasteiger partial charge in [0, 0.05) is 44.2 Å². The maximum atomic E-state index is 13.7. The van der Waals surface area contributed by atoms with E-state index in [-0.39, 0.29) is 22.0 Å². The molecule has 2 amide bonds. The van der Waals surface area contributed by atoms with E-state index in [1.807, 2.05) is 4.90 Å². The van der Waals surface area contributed by atoms with Crippen LogP contribution in [0.4, 0.5) is 10.6 Å². The molecule has 2 heterocycles. The SMILES string of the molecule is CN(C)[C@]1(c2ccccc2)CC[C@]2(CC1)CN(CCNc1ccc(S(C)(=O)=O)cn1)C(=O)N2CC1CCC1. The number of nitrogens with one attached hydrogen (secondary N) is 1. The van der Waals surface area contributed by atoms with E-state index in [9.17, 15) is 13.2 Å². The Balaban J connectivity index is 1.28. The third-order valence-corrected chi connectivity index (χ3v) is 10.3. The second-order valence-electron chi connectivity index (χ2n) is 11.7. The topological polar surface area (TPSA) is 85.8 Å². The Morgan fingerprint density at radius 2 is 1.76 bits per heavy atom.